The second-order valence-corrected chi connectivity index (χ2v) is 5.77. The second kappa shape index (κ2) is 6.55. The standard InChI is InChI=1S/C15H32/c1-8-11-12(4)13(5)14(6)15(7,9-2)10-3/h12-14H,8-11H2,1-7H3. The maximum absolute atomic E-state index is 2.47. The lowest BCUT2D eigenvalue weighted by Gasteiger charge is -2.40. The van der Waals surface area contributed by atoms with Gasteiger partial charge in [0.25, 0.3) is 0 Å². The second-order valence-electron chi connectivity index (χ2n) is 5.77. The Morgan fingerprint density at radius 2 is 1.40 bits per heavy atom. The van der Waals surface area contributed by atoms with Gasteiger partial charge in [0.1, 0.15) is 0 Å². The van der Waals surface area contributed by atoms with Crippen LogP contribution in [0.5, 0.6) is 0 Å². The molecule has 0 spiro atoms. The van der Waals surface area contributed by atoms with Gasteiger partial charge in [0.2, 0.25) is 0 Å². The molecule has 0 saturated heterocycles. The molecule has 0 aliphatic rings. The molecule has 0 bridgehead atoms. The first-order valence-corrected chi connectivity index (χ1v) is 6.92. The molecule has 92 valence electrons. The van der Waals surface area contributed by atoms with Crippen LogP contribution < -0.4 is 0 Å². The maximum atomic E-state index is 2.47. The van der Waals surface area contributed by atoms with Crippen molar-refractivity contribution in [1.82, 2.24) is 0 Å². The summed E-state index contributed by atoms with van der Waals surface area (Å²) in [6, 6.07) is 0. The van der Waals surface area contributed by atoms with Gasteiger partial charge in [-0.2, -0.15) is 0 Å². The Bertz CT molecular complexity index is 155. The monoisotopic (exact) mass is 212 g/mol. The van der Waals surface area contributed by atoms with Gasteiger partial charge in [-0.15, -0.1) is 0 Å². The van der Waals surface area contributed by atoms with E-state index < -0.39 is 0 Å². The average molecular weight is 212 g/mol. The van der Waals surface area contributed by atoms with Gasteiger partial charge >= 0.3 is 0 Å². The van der Waals surface area contributed by atoms with Crippen LogP contribution in [0.25, 0.3) is 0 Å². The molecule has 3 unspecified atom stereocenters. The molecule has 0 aromatic carbocycles. The highest BCUT2D eigenvalue weighted by atomic mass is 14.4. The normalized spacial score (nSPS) is 18.6. The van der Waals surface area contributed by atoms with E-state index in [-0.39, 0.29) is 0 Å². The minimum absolute atomic E-state index is 0.543. The Balaban J connectivity index is 4.46. The third-order valence-corrected chi connectivity index (χ3v) is 5.14. The molecule has 0 aliphatic heterocycles. The van der Waals surface area contributed by atoms with Crippen LogP contribution in [-0.4, -0.2) is 0 Å². The average Bonchev–Trinajstić information content (AvgIpc) is 2.26. The summed E-state index contributed by atoms with van der Waals surface area (Å²) in [4.78, 5) is 0. The molecule has 0 radical (unpaired) electrons. The highest BCUT2D eigenvalue weighted by molar-refractivity contribution is 4.82. The van der Waals surface area contributed by atoms with Crippen molar-refractivity contribution in [2.24, 2.45) is 23.2 Å². The summed E-state index contributed by atoms with van der Waals surface area (Å²) < 4.78 is 0. The number of hydrogen-bond donors (Lipinski definition) is 0. The van der Waals surface area contributed by atoms with Crippen molar-refractivity contribution < 1.29 is 0 Å². The molecule has 0 amide bonds. The molecule has 0 fully saturated rings. The molecular weight excluding hydrogens is 180 g/mol. The quantitative estimate of drug-likeness (QED) is 0.521. The van der Waals surface area contributed by atoms with Crippen molar-refractivity contribution in [2.75, 3.05) is 0 Å². The molecule has 0 heteroatoms. The van der Waals surface area contributed by atoms with Crippen LogP contribution in [0.4, 0.5) is 0 Å². The first-order valence-electron chi connectivity index (χ1n) is 6.92. The van der Waals surface area contributed by atoms with Gasteiger partial charge < -0.3 is 0 Å². The molecule has 3 atom stereocenters. The molecular formula is C15H32. The largest absolute Gasteiger partial charge is 0.0654 e. The predicted octanol–water partition coefficient (Wildman–Crippen LogP) is 5.52. The maximum Gasteiger partial charge on any atom is -0.0303 e. The van der Waals surface area contributed by atoms with Gasteiger partial charge in [-0.3, -0.25) is 0 Å². The van der Waals surface area contributed by atoms with Crippen LogP contribution in [0.3, 0.4) is 0 Å². The smallest absolute Gasteiger partial charge is 0.0303 e. The highest BCUT2D eigenvalue weighted by Crippen LogP contribution is 2.41. The van der Waals surface area contributed by atoms with E-state index in [1.165, 1.54) is 25.7 Å². The predicted molar refractivity (Wildman–Crippen MR) is 71.1 cm³/mol. The van der Waals surface area contributed by atoms with E-state index in [0.717, 1.165) is 17.8 Å². The Morgan fingerprint density at radius 1 is 0.933 bits per heavy atom. The van der Waals surface area contributed by atoms with Gasteiger partial charge in [-0.05, 0) is 23.2 Å². The van der Waals surface area contributed by atoms with Gasteiger partial charge in [0.15, 0.2) is 0 Å². The first kappa shape index (κ1) is 15.0. The summed E-state index contributed by atoms with van der Waals surface area (Å²) in [7, 11) is 0. The van der Waals surface area contributed by atoms with Gasteiger partial charge in [0.05, 0.1) is 0 Å². The van der Waals surface area contributed by atoms with Crippen molar-refractivity contribution in [3.63, 3.8) is 0 Å². The molecule has 0 N–H and O–H groups in total. The first-order chi connectivity index (χ1) is 6.92. The van der Waals surface area contributed by atoms with Crippen LogP contribution >= 0.6 is 0 Å². The van der Waals surface area contributed by atoms with Crippen LogP contribution in [-0.2, 0) is 0 Å². The number of rotatable bonds is 7. The minimum Gasteiger partial charge on any atom is -0.0654 e. The lowest BCUT2D eigenvalue weighted by Crippen LogP contribution is -2.31. The fourth-order valence-electron chi connectivity index (χ4n) is 2.74. The lowest BCUT2D eigenvalue weighted by molar-refractivity contribution is 0.0978. The summed E-state index contributed by atoms with van der Waals surface area (Å²) in [5, 5.41) is 0. The zero-order chi connectivity index (χ0) is 12.1. The lowest BCUT2D eigenvalue weighted by atomic mass is 9.65. The highest BCUT2D eigenvalue weighted by Gasteiger charge is 2.32. The van der Waals surface area contributed by atoms with Gasteiger partial charge in [-0.25, -0.2) is 0 Å². The summed E-state index contributed by atoms with van der Waals surface area (Å²) in [5.74, 6) is 2.58. The Morgan fingerprint density at radius 3 is 1.73 bits per heavy atom. The minimum atomic E-state index is 0.543. The number of hydrogen-bond acceptors (Lipinski definition) is 0. The SMILES string of the molecule is CCCC(C)C(C)C(C)C(C)(CC)CC. The van der Waals surface area contributed by atoms with Gasteiger partial charge in [-0.1, -0.05) is 74.1 Å². The van der Waals surface area contributed by atoms with E-state index in [0.29, 0.717) is 5.41 Å². The zero-order valence-electron chi connectivity index (χ0n) is 12.1. The zero-order valence-corrected chi connectivity index (χ0v) is 12.1. The van der Waals surface area contributed by atoms with E-state index in [1.807, 2.05) is 0 Å². The Kier molecular flexibility index (Phi) is 6.55. The van der Waals surface area contributed by atoms with E-state index >= 15 is 0 Å². The van der Waals surface area contributed by atoms with Crippen molar-refractivity contribution in [2.45, 2.75) is 74.1 Å². The topological polar surface area (TPSA) is 0 Å². The third-order valence-electron chi connectivity index (χ3n) is 5.14. The van der Waals surface area contributed by atoms with E-state index in [2.05, 4.69) is 48.5 Å². The van der Waals surface area contributed by atoms with E-state index in [4.69, 9.17) is 0 Å². The Labute approximate surface area is 97.8 Å². The molecule has 0 rings (SSSR count). The van der Waals surface area contributed by atoms with Crippen molar-refractivity contribution in [1.29, 1.82) is 0 Å². The molecule has 15 heavy (non-hydrogen) atoms. The van der Waals surface area contributed by atoms with Crippen molar-refractivity contribution in [3.05, 3.63) is 0 Å². The molecule has 0 saturated carbocycles. The van der Waals surface area contributed by atoms with Crippen molar-refractivity contribution in [3.8, 4) is 0 Å². The molecule has 0 nitrogen and oxygen atoms in total. The Hall–Kier alpha value is 0. The van der Waals surface area contributed by atoms with Gasteiger partial charge in [0, 0.05) is 0 Å². The van der Waals surface area contributed by atoms with Crippen LogP contribution in [0.15, 0.2) is 0 Å². The summed E-state index contributed by atoms with van der Waals surface area (Å²) in [5.41, 5.74) is 0.543. The molecule has 0 aliphatic carbocycles. The van der Waals surface area contributed by atoms with Crippen LogP contribution in [0.2, 0.25) is 0 Å². The van der Waals surface area contributed by atoms with Crippen molar-refractivity contribution >= 4 is 0 Å². The fourth-order valence-corrected chi connectivity index (χ4v) is 2.74. The molecule has 0 aromatic rings. The third kappa shape index (κ3) is 3.81. The fraction of sp³-hybridized carbons (Fsp3) is 1.00. The summed E-state index contributed by atoms with van der Waals surface area (Å²) in [6.07, 6.45) is 5.34. The van der Waals surface area contributed by atoms with Crippen LogP contribution in [0.1, 0.15) is 74.1 Å². The summed E-state index contributed by atoms with van der Waals surface area (Å²) in [6.45, 7) is 16.8. The van der Waals surface area contributed by atoms with Crippen LogP contribution in [0, 0.1) is 23.2 Å². The molecule has 0 heterocycles. The van der Waals surface area contributed by atoms with E-state index in [9.17, 15) is 0 Å². The summed E-state index contributed by atoms with van der Waals surface area (Å²) >= 11 is 0. The van der Waals surface area contributed by atoms with E-state index in [1.54, 1.807) is 0 Å². The molecule has 0 aromatic heterocycles.